The number of thiazole rings is 1. The van der Waals surface area contributed by atoms with Crippen molar-refractivity contribution in [1.82, 2.24) is 19.4 Å². The molecule has 47 heavy (non-hydrogen) atoms. The molecule has 0 spiro atoms. The number of ether oxygens (including phenoxy) is 1. The van der Waals surface area contributed by atoms with Crippen LogP contribution < -0.4 is 15.4 Å². The highest BCUT2D eigenvalue weighted by molar-refractivity contribution is 7.16. The Morgan fingerprint density at radius 1 is 1.09 bits per heavy atom. The molecule has 11 nitrogen and oxygen atoms in total. The number of carbonyl (C=O) groups is 2. The lowest BCUT2D eigenvalue weighted by molar-refractivity contribution is -0.156. The number of methoxy groups -OCH3 is 1. The molecule has 2 saturated heterocycles. The molecule has 7 rings (SSSR count). The predicted molar refractivity (Wildman–Crippen MR) is 178 cm³/mol. The van der Waals surface area contributed by atoms with E-state index >= 15 is 0 Å². The maximum Gasteiger partial charge on any atom is 0.312 e. The number of likely N-dealkylation sites (tertiary alicyclic amines) is 1. The number of halogens is 1. The van der Waals surface area contributed by atoms with Crippen LogP contribution in [0.4, 0.5) is 20.9 Å². The van der Waals surface area contributed by atoms with E-state index in [0.29, 0.717) is 72.5 Å². The van der Waals surface area contributed by atoms with E-state index in [2.05, 4.69) is 15.9 Å². The second-order valence-electron chi connectivity index (χ2n) is 12.3. The van der Waals surface area contributed by atoms with Gasteiger partial charge < -0.3 is 24.0 Å². The summed E-state index contributed by atoms with van der Waals surface area (Å²) in [5.41, 5.74) is 2.91. The first-order valence-corrected chi connectivity index (χ1v) is 16.5. The van der Waals surface area contributed by atoms with Gasteiger partial charge in [-0.05, 0) is 55.3 Å². The van der Waals surface area contributed by atoms with Crippen molar-refractivity contribution < 1.29 is 18.7 Å². The van der Waals surface area contributed by atoms with Gasteiger partial charge in [0.2, 0.25) is 5.91 Å². The Kier molecular flexibility index (Phi) is 8.15. The summed E-state index contributed by atoms with van der Waals surface area (Å²) in [6, 6.07) is 14.3. The third-order valence-corrected chi connectivity index (χ3v) is 10.3. The van der Waals surface area contributed by atoms with Gasteiger partial charge in [-0.15, -0.1) is 0 Å². The summed E-state index contributed by atoms with van der Waals surface area (Å²) in [6.45, 7) is 3.97. The highest BCUT2D eigenvalue weighted by Gasteiger charge is 2.37. The van der Waals surface area contributed by atoms with Crippen molar-refractivity contribution >= 4 is 50.5 Å². The molecule has 3 aliphatic rings. The Labute approximate surface area is 275 Å². The lowest BCUT2D eigenvalue weighted by atomic mass is 10.0. The van der Waals surface area contributed by atoms with Gasteiger partial charge in [0.15, 0.2) is 5.13 Å². The summed E-state index contributed by atoms with van der Waals surface area (Å²) < 4.78 is 20.2. The first-order valence-electron chi connectivity index (χ1n) is 15.7. The number of fused-ring (bicyclic) bond motifs is 1. The summed E-state index contributed by atoms with van der Waals surface area (Å²) >= 11 is 1.25. The zero-order chi connectivity index (χ0) is 32.8. The van der Waals surface area contributed by atoms with Gasteiger partial charge in [0.1, 0.15) is 22.5 Å². The Balaban J connectivity index is 1.13. The van der Waals surface area contributed by atoms with Crippen molar-refractivity contribution in [2.75, 3.05) is 69.8 Å². The van der Waals surface area contributed by atoms with E-state index in [1.807, 2.05) is 40.9 Å². The van der Waals surface area contributed by atoms with Gasteiger partial charge in [-0.1, -0.05) is 11.3 Å². The Morgan fingerprint density at radius 3 is 2.47 bits per heavy atom. The van der Waals surface area contributed by atoms with Crippen molar-refractivity contribution in [2.24, 2.45) is 5.92 Å². The van der Waals surface area contributed by atoms with Crippen LogP contribution in [0, 0.1) is 23.1 Å². The maximum absolute atomic E-state index is 13.6. The van der Waals surface area contributed by atoms with Crippen LogP contribution in [0.3, 0.4) is 0 Å². The topological polar surface area (TPSA) is 115 Å². The monoisotopic (exact) mass is 655 g/mol. The number of amides is 1. The number of benzene rings is 2. The number of hydrogen-bond donors (Lipinski definition) is 0. The first-order chi connectivity index (χ1) is 22.7. The normalized spacial score (nSPS) is 17.0. The molecule has 242 valence electrons. The fourth-order valence-electron chi connectivity index (χ4n) is 6.31. The number of piperazine rings is 1. The minimum atomic E-state index is -0.360. The number of aromatic nitrogens is 2. The fraction of sp³-hybridized carbons (Fsp3) is 0.382. The molecule has 4 aromatic rings. The Morgan fingerprint density at radius 2 is 1.81 bits per heavy atom. The molecule has 0 radical (unpaired) electrons. The summed E-state index contributed by atoms with van der Waals surface area (Å²) in [5.74, 6) is -0.839. The molecule has 1 amide bonds. The molecule has 1 saturated carbocycles. The van der Waals surface area contributed by atoms with E-state index in [9.17, 15) is 24.0 Å². The van der Waals surface area contributed by atoms with Gasteiger partial charge in [-0.25, -0.2) is 9.37 Å². The van der Waals surface area contributed by atoms with E-state index in [0.717, 1.165) is 29.6 Å². The van der Waals surface area contributed by atoms with E-state index in [1.54, 1.807) is 17.0 Å². The quantitative estimate of drug-likeness (QED) is 0.260. The summed E-state index contributed by atoms with van der Waals surface area (Å²) in [7, 11) is 3.25. The van der Waals surface area contributed by atoms with Crippen LogP contribution in [0.15, 0.2) is 53.5 Å². The van der Waals surface area contributed by atoms with Crippen LogP contribution in [-0.4, -0.2) is 91.2 Å². The third kappa shape index (κ3) is 5.94. The second-order valence-corrected chi connectivity index (χ2v) is 13.3. The van der Waals surface area contributed by atoms with Gasteiger partial charge in [0.25, 0.3) is 5.56 Å². The highest BCUT2D eigenvalue weighted by Crippen LogP contribution is 2.40. The second kappa shape index (κ2) is 12.4. The van der Waals surface area contributed by atoms with Crippen molar-refractivity contribution in [3.63, 3.8) is 0 Å². The van der Waals surface area contributed by atoms with Crippen molar-refractivity contribution in [2.45, 2.75) is 18.9 Å². The molecule has 0 unspecified atom stereocenters. The van der Waals surface area contributed by atoms with E-state index < -0.39 is 0 Å². The van der Waals surface area contributed by atoms with Gasteiger partial charge >= 0.3 is 5.97 Å². The average molecular weight is 656 g/mol. The van der Waals surface area contributed by atoms with Crippen LogP contribution in [-0.2, 0) is 14.3 Å². The van der Waals surface area contributed by atoms with Gasteiger partial charge in [-0.3, -0.25) is 19.3 Å². The number of pyridine rings is 1. The van der Waals surface area contributed by atoms with Crippen LogP contribution >= 0.6 is 11.3 Å². The number of anilines is 3. The Bertz CT molecular complexity index is 1950. The molecule has 0 N–H and O–H groups in total. The standard InChI is InChI=1S/C34H34FN7O4S/c1-38(34-37-31(29(16-36)47-34)21-3-5-23(35)6-4-21)28-19-42(24-7-8-24)32(44)26-10-9-25(15-27(26)28)40-13-11-39(12-14-40)20-30(43)41-17-22(18-41)33(45)46-2/h3-6,9-10,15,19,22,24H,7-8,11-14,17-18,20H2,1-2H3. The van der Waals surface area contributed by atoms with Crippen molar-refractivity contribution in [3.05, 3.63) is 69.7 Å². The van der Waals surface area contributed by atoms with Crippen molar-refractivity contribution in [1.29, 1.82) is 5.26 Å². The van der Waals surface area contributed by atoms with Crippen LogP contribution in [0.2, 0.25) is 0 Å². The number of nitrogens with zero attached hydrogens (tertiary/aromatic N) is 7. The molecule has 2 aliphatic heterocycles. The van der Waals surface area contributed by atoms with E-state index in [-0.39, 0.29) is 35.2 Å². The lowest BCUT2D eigenvalue weighted by Crippen LogP contribution is -2.57. The molecule has 0 atom stereocenters. The molecule has 4 heterocycles. The van der Waals surface area contributed by atoms with Crippen LogP contribution in [0.5, 0.6) is 0 Å². The molecule has 0 bridgehead atoms. The number of rotatable bonds is 8. The smallest absolute Gasteiger partial charge is 0.312 e. The largest absolute Gasteiger partial charge is 0.469 e. The summed E-state index contributed by atoms with van der Waals surface area (Å²) in [5, 5.41) is 11.9. The molecule has 1 aliphatic carbocycles. The maximum atomic E-state index is 13.6. The number of esters is 1. The van der Waals surface area contributed by atoms with Crippen molar-refractivity contribution in [3.8, 4) is 17.3 Å². The minimum Gasteiger partial charge on any atom is -0.469 e. The fourth-order valence-corrected chi connectivity index (χ4v) is 7.17. The molecule has 3 fully saturated rings. The zero-order valence-corrected chi connectivity index (χ0v) is 27.0. The molecule has 2 aromatic carbocycles. The van der Waals surface area contributed by atoms with E-state index in [1.165, 1.54) is 30.6 Å². The lowest BCUT2D eigenvalue weighted by Gasteiger charge is -2.40. The Hall–Kier alpha value is -4.80. The molecular formula is C34H34FN7O4S. The first kappa shape index (κ1) is 30.8. The zero-order valence-electron chi connectivity index (χ0n) is 26.2. The number of nitriles is 1. The highest BCUT2D eigenvalue weighted by atomic mass is 32.1. The average Bonchev–Trinajstić information content (AvgIpc) is 3.82. The summed E-state index contributed by atoms with van der Waals surface area (Å²) in [6.07, 6.45) is 3.81. The predicted octanol–water partition coefficient (Wildman–Crippen LogP) is 3.99. The van der Waals surface area contributed by atoms with E-state index in [4.69, 9.17) is 9.72 Å². The summed E-state index contributed by atoms with van der Waals surface area (Å²) in [4.78, 5) is 51.3. The van der Waals surface area contributed by atoms with Crippen LogP contribution in [0.1, 0.15) is 23.8 Å². The third-order valence-electron chi connectivity index (χ3n) is 9.29. The molecular weight excluding hydrogens is 621 g/mol. The van der Waals surface area contributed by atoms with Gasteiger partial charge in [0, 0.05) is 80.6 Å². The number of hydrogen-bond acceptors (Lipinski definition) is 10. The minimum absolute atomic E-state index is 0.0215. The molecule has 13 heteroatoms. The van der Waals surface area contributed by atoms with Gasteiger partial charge in [0.05, 0.1) is 25.3 Å². The SMILES string of the molecule is COC(=O)C1CN(C(=O)CN2CCN(c3ccc4c(=O)n(C5CC5)cc(N(C)c5nc(-c6ccc(F)cc6)c(C#N)s5)c4c3)CC2)C1. The number of carbonyl (C=O) groups excluding carboxylic acids is 2. The van der Waals surface area contributed by atoms with Crippen LogP contribution in [0.25, 0.3) is 22.0 Å². The van der Waals surface area contributed by atoms with Gasteiger partial charge in [-0.2, -0.15) is 5.26 Å². The molecule has 2 aromatic heterocycles.